The molecule has 20 heavy (non-hydrogen) atoms. The third kappa shape index (κ3) is 7.25. The van der Waals surface area contributed by atoms with Gasteiger partial charge in [-0.15, -0.1) is 0 Å². The molecule has 4 nitrogen and oxygen atoms in total. The molecule has 0 aliphatic carbocycles. The molecule has 0 aliphatic rings. The van der Waals surface area contributed by atoms with Crippen molar-refractivity contribution in [1.82, 2.24) is 4.90 Å². The molecule has 0 saturated carbocycles. The second kappa shape index (κ2) is 6.90. The first-order chi connectivity index (χ1) is 8.81. The third-order valence-electron chi connectivity index (χ3n) is 3.62. The summed E-state index contributed by atoms with van der Waals surface area (Å²) in [5, 5.41) is 9.27. The molecule has 0 radical (unpaired) electrons. The van der Waals surface area contributed by atoms with Crippen molar-refractivity contribution in [2.75, 3.05) is 20.3 Å². The summed E-state index contributed by atoms with van der Waals surface area (Å²) in [6.07, 6.45) is 1.46. The van der Waals surface area contributed by atoms with E-state index < -0.39 is 11.4 Å². The minimum Gasteiger partial charge on any atom is -0.481 e. The van der Waals surface area contributed by atoms with Crippen LogP contribution in [0.3, 0.4) is 0 Å². The first kappa shape index (κ1) is 19.4. The molecule has 0 atom stereocenters. The number of nitrogens with zero attached hydrogens (tertiary/aromatic N) is 1. The van der Waals surface area contributed by atoms with Gasteiger partial charge in [-0.05, 0) is 59.5 Å². The molecule has 0 aromatic carbocycles. The Kier molecular flexibility index (Phi) is 6.69. The highest BCUT2D eigenvalue weighted by Gasteiger charge is 2.38. The van der Waals surface area contributed by atoms with Crippen LogP contribution in [0.5, 0.6) is 0 Å². The maximum absolute atomic E-state index is 11.3. The summed E-state index contributed by atoms with van der Waals surface area (Å²) < 4.78 is 5.97. The zero-order valence-electron chi connectivity index (χ0n) is 14.5. The molecule has 0 saturated heterocycles. The molecule has 0 fully saturated rings. The van der Waals surface area contributed by atoms with E-state index in [1.54, 1.807) is 13.8 Å². The van der Waals surface area contributed by atoms with E-state index in [0.29, 0.717) is 13.2 Å². The van der Waals surface area contributed by atoms with Crippen LogP contribution in [0, 0.1) is 10.8 Å². The van der Waals surface area contributed by atoms with E-state index >= 15 is 0 Å². The molecule has 0 unspecified atom stereocenters. The fourth-order valence-corrected chi connectivity index (χ4v) is 2.91. The topological polar surface area (TPSA) is 49.8 Å². The van der Waals surface area contributed by atoms with Crippen molar-refractivity contribution in [2.24, 2.45) is 10.8 Å². The molecular weight excluding hydrogens is 254 g/mol. The van der Waals surface area contributed by atoms with Crippen LogP contribution in [0.25, 0.3) is 0 Å². The molecule has 0 amide bonds. The van der Waals surface area contributed by atoms with Crippen LogP contribution in [-0.2, 0) is 9.53 Å². The quantitative estimate of drug-likeness (QED) is 0.658. The first-order valence-electron chi connectivity index (χ1n) is 7.37. The largest absolute Gasteiger partial charge is 0.481 e. The molecule has 4 heteroatoms. The molecule has 1 N–H and O–H groups in total. The number of carboxylic acid groups (broad SMARTS) is 1. The minimum absolute atomic E-state index is 0.0871. The van der Waals surface area contributed by atoms with Gasteiger partial charge in [0.15, 0.2) is 0 Å². The van der Waals surface area contributed by atoms with E-state index in [4.69, 9.17) is 4.74 Å². The van der Waals surface area contributed by atoms with Crippen molar-refractivity contribution >= 4 is 5.97 Å². The van der Waals surface area contributed by atoms with Crippen molar-refractivity contribution < 1.29 is 14.6 Å². The van der Waals surface area contributed by atoms with Gasteiger partial charge in [0.05, 0.1) is 17.7 Å². The van der Waals surface area contributed by atoms with Gasteiger partial charge in [0.1, 0.15) is 0 Å². The Morgan fingerprint density at radius 3 is 2.00 bits per heavy atom. The predicted molar refractivity (Wildman–Crippen MR) is 82.8 cm³/mol. The van der Waals surface area contributed by atoms with Gasteiger partial charge in [0.25, 0.3) is 0 Å². The smallest absolute Gasteiger partial charge is 0.309 e. The highest BCUT2D eigenvalue weighted by molar-refractivity contribution is 5.73. The van der Waals surface area contributed by atoms with Crippen molar-refractivity contribution in [3.8, 4) is 0 Å². The maximum Gasteiger partial charge on any atom is 0.309 e. The van der Waals surface area contributed by atoms with Crippen molar-refractivity contribution in [1.29, 1.82) is 0 Å². The summed E-state index contributed by atoms with van der Waals surface area (Å²) in [5.41, 5.74) is -1.06. The van der Waals surface area contributed by atoms with Crippen LogP contribution < -0.4 is 0 Å². The zero-order valence-corrected chi connectivity index (χ0v) is 14.5. The summed E-state index contributed by atoms with van der Waals surface area (Å²) in [4.78, 5) is 13.4. The molecule has 120 valence electrons. The lowest BCUT2D eigenvalue weighted by Gasteiger charge is -2.39. The van der Waals surface area contributed by atoms with Gasteiger partial charge in [0, 0.05) is 0 Å². The SMILES string of the molecule is CCN(C)COC(C)(C)CC(C)(C)CC(C)(C)C(=O)O. The summed E-state index contributed by atoms with van der Waals surface area (Å²) >= 11 is 0. The Hall–Kier alpha value is -0.610. The highest BCUT2D eigenvalue weighted by atomic mass is 16.5. The average molecular weight is 287 g/mol. The highest BCUT2D eigenvalue weighted by Crippen LogP contribution is 2.40. The van der Waals surface area contributed by atoms with Crippen molar-refractivity contribution in [3.63, 3.8) is 0 Å². The molecule has 0 aliphatic heterocycles. The van der Waals surface area contributed by atoms with Gasteiger partial charge in [-0.3, -0.25) is 9.69 Å². The van der Waals surface area contributed by atoms with Crippen LogP contribution in [0.1, 0.15) is 61.3 Å². The van der Waals surface area contributed by atoms with Crippen LogP contribution in [0.4, 0.5) is 0 Å². The molecular formula is C16H33NO3. The third-order valence-corrected chi connectivity index (χ3v) is 3.62. The second-order valence-corrected chi connectivity index (χ2v) is 7.91. The average Bonchev–Trinajstić information content (AvgIpc) is 2.22. The van der Waals surface area contributed by atoms with Gasteiger partial charge in [0.2, 0.25) is 0 Å². The summed E-state index contributed by atoms with van der Waals surface area (Å²) in [6, 6.07) is 0. The Bertz CT molecular complexity index is 322. The van der Waals surface area contributed by atoms with Gasteiger partial charge < -0.3 is 9.84 Å². The Labute approximate surface area is 124 Å². The normalized spacial score (nSPS) is 13.8. The fourth-order valence-electron chi connectivity index (χ4n) is 2.91. The van der Waals surface area contributed by atoms with E-state index in [0.717, 1.165) is 13.0 Å². The van der Waals surface area contributed by atoms with Gasteiger partial charge in [-0.25, -0.2) is 0 Å². The van der Waals surface area contributed by atoms with Crippen LogP contribution in [0.2, 0.25) is 0 Å². The Morgan fingerprint density at radius 2 is 1.60 bits per heavy atom. The molecule has 0 aromatic rings. The van der Waals surface area contributed by atoms with Crippen LogP contribution >= 0.6 is 0 Å². The predicted octanol–water partition coefficient (Wildman–Crippen LogP) is 3.61. The zero-order chi connectivity index (χ0) is 16.2. The van der Waals surface area contributed by atoms with E-state index in [1.807, 2.05) is 7.05 Å². The summed E-state index contributed by atoms with van der Waals surface area (Å²) in [7, 11) is 2.02. The lowest BCUT2D eigenvalue weighted by atomic mass is 9.70. The summed E-state index contributed by atoms with van der Waals surface area (Å²) in [6.45, 7) is 15.6. The monoisotopic (exact) mass is 287 g/mol. The minimum atomic E-state index is -0.741. The number of carbonyl (C=O) groups is 1. The van der Waals surface area contributed by atoms with Crippen molar-refractivity contribution in [2.45, 2.75) is 66.9 Å². The standard InChI is InChI=1S/C16H33NO3/c1-9-17(8)12-20-16(6,7)11-14(2,3)10-15(4,5)13(18)19/h9-12H2,1-8H3,(H,18,19). The maximum atomic E-state index is 11.3. The van der Waals surface area contributed by atoms with Crippen LogP contribution in [-0.4, -0.2) is 41.9 Å². The number of rotatable bonds is 9. The van der Waals surface area contributed by atoms with Gasteiger partial charge in [-0.2, -0.15) is 0 Å². The van der Waals surface area contributed by atoms with Crippen molar-refractivity contribution in [3.05, 3.63) is 0 Å². The molecule has 0 heterocycles. The number of aliphatic carboxylic acids is 1. The molecule has 0 aromatic heterocycles. The fraction of sp³-hybridized carbons (Fsp3) is 0.938. The number of carboxylic acids is 1. The van der Waals surface area contributed by atoms with E-state index in [2.05, 4.69) is 39.5 Å². The first-order valence-corrected chi connectivity index (χ1v) is 7.37. The van der Waals surface area contributed by atoms with E-state index in [9.17, 15) is 9.90 Å². The number of ether oxygens (including phenoxy) is 1. The Balaban J connectivity index is 4.61. The van der Waals surface area contributed by atoms with E-state index in [1.165, 1.54) is 0 Å². The van der Waals surface area contributed by atoms with E-state index in [-0.39, 0.29) is 11.0 Å². The number of hydrogen-bond donors (Lipinski definition) is 1. The molecule has 0 spiro atoms. The summed E-state index contributed by atoms with van der Waals surface area (Å²) in [5.74, 6) is -0.741. The van der Waals surface area contributed by atoms with Gasteiger partial charge >= 0.3 is 5.97 Å². The second-order valence-electron chi connectivity index (χ2n) is 7.91. The number of hydrogen-bond acceptors (Lipinski definition) is 3. The lowest BCUT2D eigenvalue weighted by molar-refractivity contribution is -0.150. The molecule has 0 rings (SSSR count). The Morgan fingerprint density at radius 1 is 1.10 bits per heavy atom. The van der Waals surface area contributed by atoms with Crippen LogP contribution in [0.15, 0.2) is 0 Å². The van der Waals surface area contributed by atoms with Gasteiger partial charge in [-0.1, -0.05) is 20.8 Å². The molecule has 0 bridgehead atoms. The lowest BCUT2D eigenvalue weighted by Crippen LogP contribution is -2.38.